The van der Waals surface area contributed by atoms with Crippen molar-refractivity contribution in [3.63, 3.8) is 0 Å². The Morgan fingerprint density at radius 3 is 2.73 bits per heavy atom. The molecule has 22 heavy (non-hydrogen) atoms. The zero-order chi connectivity index (χ0) is 16.1. The standard InChI is InChI=1S/C16H18FNO3S/c1-10(15(9-19)22-2)18-16(20)14-8-7-13(21-14)11-5-3-4-6-12(11)17/h3-8,10,15,19H,9H2,1-2H3,(H,18,20). The largest absolute Gasteiger partial charge is 0.451 e. The van der Waals surface area contributed by atoms with Gasteiger partial charge in [0, 0.05) is 11.3 Å². The number of amides is 1. The van der Waals surface area contributed by atoms with Gasteiger partial charge < -0.3 is 14.8 Å². The number of thioether (sulfide) groups is 1. The van der Waals surface area contributed by atoms with Gasteiger partial charge >= 0.3 is 0 Å². The highest BCUT2D eigenvalue weighted by atomic mass is 32.2. The van der Waals surface area contributed by atoms with E-state index < -0.39 is 5.82 Å². The van der Waals surface area contributed by atoms with Crippen LogP contribution in [0.25, 0.3) is 11.3 Å². The van der Waals surface area contributed by atoms with Crippen molar-refractivity contribution >= 4 is 17.7 Å². The summed E-state index contributed by atoms with van der Waals surface area (Å²) in [6.45, 7) is 1.79. The molecule has 2 N–H and O–H groups in total. The number of carbonyl (C=O) groups is 1. The Kier molecular flexibility index (Phi) is 5.63. The van der Waals surface area contributed by atoms with Crippen molar-refractivity contribution in [2.75, 3.05) is 12.9 Å². The fourth-order valence-electron chi connectivity index (χ4n) is 2.07. The minimum Gasteiger partial charge on any atom is -0.451 e. The van der Waals surface area contributed by atoms with Crippen LogP contribution in [0.5, 0.6) is 0 Å². The summed E-state index contributed by atoms with van der Waals surface area (Å²) in [6, 6.07) is 9.08. The van der Waals surface area contributed by atoms with Crippen LogP contribution in [-0.2, 0) is 0 Å². The zero-order valence-electron chi connectivity index (χ0n) is 12.4. The van der Waals surface area contributed by atoms with Gasteiger partial charge in [-0.3, -0.25) is 4.79 Å². The van der Waals surface area contributed by atoms with Crippen LogP contribution in [0.2, 0.25) is 0 Å². The molecule has 2 unspecified atom stereocenters. The molecule has 2 aromatic rings. The summed E-state index contributed by atoms with van der Waals surface area (Å²) in [5.74, 6) is -0.370. The molecule has 0 spiro atoms. The lowest BCUT2D eigenvalue weighted by Crippen LogP contribution is -2.41. The Morgan fingerprint density at radius 1 is 1.36 bits per heavy atom. The normalized spacial score (nSPS) is 13.6. The second-order valence-electron chi connectivity index (χ2n) is 4.86. The highest BCUT2D eigenvalue weighted by molar-refractivity contribution is 7.99. The molecule has 0 saturated heterocycles. The van der Waals surface area contributed by atoms with E-state index in [-0.39, 0.29) is 29.6 Å². The van der Waals surface area contributed by atoms with E-state index in [0.29, 0.717) is 11.3 Å². The molecule has 0 aliphatic carbocycles. The lowest BCUT2D eigenvalue weighted by atomic mass is 10.1. The number of furan rings is 1. The average Bonchev–Trinajstić information content (AvgIpc) is 2.98. The second kappa shape index (κ2) is 7.47. The number of aliphatic hydroxyl groups excluding tert-OH is 1. The van der Waals surface area contributed by atoms with Gasteiger partial charge in [0.15, 0.2) is 5.76 Å². The minimum atomic E-state index is -0.403. The molecular weight excluding hydrogens is 305 g/mol. The smallest absolute Gasteiger partial charge is 0.287 e. The Bertz CT molecular complexity index is 640. The molecule has 1 aromatic carbocycles. The Balaban J connectivity index is 2.11. The number of nitrogens with one attached hydrogen (secondary N) is 1. The summed E-state index contributed by atoms with van der Waals surface area (Å²) in [5.41, 5.74) is 0.312. The summed E-state index contributed by atoms with van der Waals surface area (Å²) in [7, 11) is 0. The summed E-state index contributed by atoms with van der Waals surface area (Å²) in [5, 5.41) is 11.9. The molecule has 0 fully saturated rings. The summed E-state index contributed by atoms with van der Waals surface area (Å²) in [6.07, 6.45) is 1.87. The quantitative estimate of drug-likeness (QED) is 0.858. The van der Waals surface area contributed by atoms with Crippen molar-refractivity contribution in [3.05, 3.63) is 48.0 Å². The predicted octanol–water partition coefficient (Wildman–Crippen LogP) is 2.93. The van der Waals surface area contributed by atoms with Crippen molar-refractivity contribution < 1.29 is 18.7 Å². The minimum absolute atomic E-state index is 0.0265. The van der Waals surface area contributed by atoms with Crippen molar-refractivity contribution in [1.82, 2.24) is 5.32 Å². The van der Waals surface area contributed by atoms with Gasteiger partial charge in [0.05, 0.1) is 12.2 Å². The average molecular weight is 323 g/mol. The number of carbonyl (C=O) groups excluding carboxylic acids is 1. The molecular formula is C16H18FNO3S. The lowest BCUT2D eigenvalue weighted by Gasteiger charge is -2.20. The Hall–Kier alpha value is -1.79. The first-order chi connectivity index (χ1) is 10.6. The van der Waals surface area contributed by atoms with Crippen LogP contribution in [0, 0.1) is 5.82 Å². The first-order valence-electron chi connectivity index (χ1n) is 6.86. The van der Waals surface area contributed by atoms with Crippen molar-refractivity contribution in [2.24, 2.45) is 0 Å². The van der Waals surface area contributed by atoms with Crippen molar-refractivity contribution in [1.29, 1.82) is 0 Å². The van der Waals surface area contributed by atoms with Crippen molar-refractivity contribution in [3.8, 4) is 11.3 Å². The lowest BCUT2D eigenvalue weighted by molar-refractivity contribution is 0.0908. The number of halogens is 1. The van der Waals surface area contributed by atoms with Crippen LogP contribution in [0.1, 0.15) is 17.5 Å². The molecule has 1 amide bonds. The van der Waals surface area contributed by atoms with Gasteiger partial charge in [0.2, 0.25) is 0 Å². The van der Waals surface area contributed by atoms with Crippen LogP contribution in [0.4, 0.5) is 4.39 Å². The van der Waals surface area contributed by atoms with Crippen LogP contribution in [0.3, 0.4) is 0 Å². The number of aliphatic hydroxyl groups is 1. The topological polar surface area (TPSA) is 62.5 Å². The van der Waals surface area contributed by atoms with Gasteiger partial charge in [-0.2, -0.15) is 11.8 Å². The number of hydrogen-bond donors (Lipinski definition) is 2. The first kappa shape index (κ1) is 16.6. The monoisotopic (exact) mass is 323 g/mol. The SMILES string of the molecule is CSC(CO)C(C)NC(=O)c1ccc(-c2ccccc2F)o1. The molecule has 1 heterocycles. The molecule has 0 radical (unpaired) electrons. The summed E-state index contributed by atoms with van der Waals surface area (Å²) < 4.78 is 19.1. The Labute approximate surface area is 132 Å². The Morgan fingerprint density at radius 2 is 2.09 bits per heavy atom. The third kappa shape index (κ3) is 3.69. The second-order valence-corrected chi connectivity index (χ2v) is 5.94. The number of benzene rings is 1. The van der Waals surface area contributed by atoms with Gasteiger partial charge in [-0.15, -0.1) is 0 Å². The number of hydrogen-bond acceptors (Lipinski definition) is 4. The van der Waals surface area contributed by atoms with E-state index >= 15 is 0 Å². The third-order valence-electron chi connectivity index (χ3n) is 3.37. The maximum absolute atomic E-state index is 13.7. The fraction of sp³-hybridized carbons (Fsp3) is 0.312. The van der Waals surface area contributed by atoms with E-state index in [0.717, 1.165) is 0 Å². The molecule has 6 heteroatoms. The fourth-order valence-corrected chi connectivity index (χ4v) is 2.70. The summed E-state index contributed by atoms with van der Waals surface area (Å²) in [4.78, 5) is 12.1. The van der Waals surface area contributed by atoms with Gasteiger partial charge in [0.1, 0.15) is 11.6 Å². The summed E-state index contributed by atoms with van der Waals surface area (Å²) >= 11 is 1.47. The van der Waals surface area contributed by atoms with E-state index in [1.165, 1.54) is 23.9 Å². The molecule has 0 aliphatic rings. The van der Waals surface area contributed by atoms with Crippen LogP contribution in [0.15, 0.2) is 40.8 Å². The van der Waals surface area contributed by atoms with E-state index in [2.05, 4.69) is 5.32 Å². The van der Waals surface area contributed by atoms with Crippen molar-refractivity contribution in [2.45, 2.75) is 18.2 Å². The molecule has 2 rings (SSSR count). The van der Waals surface area contributed by atoms with E-state index in [9.17, 15) is 14.3 Å². The van der Waals surface area contributed by atoms with E-state index in [1.807, 2.05) is 13.2 Å². The maximum atomic E-state index is 13.7. The highest BCUT2D eigenvalue weighted by Gasteiger charge is 2.20. The molecule has 4 nitrogen and oxygen atoms in total. The third-order valence-corrected chi connectivity index (χ3v) is 4.53. The molecule has 1 aromatic heterocycles. The first-order valence-corrected chi connectivity index (χ1v) is 8.15. The molecule has 0 aliphatic heterocycles. The van der Waals surface area contributed by atoms with Gasteiger partial charge in [-0.1, -0.05) is 12.1 Å². The molecule has 118 valence electrons. The van der Waals surface area contributed by atoms with Crippen LogP contribution >= 0.6 is 11.8 Å². The maximum Gasteiger partial charge on any atom is 0.287 e. The van der Waals surface area contributed by atoms with Gasteiger partial charge in [-0.05, 0) is 37.4 Å². The molecule has 2 atom stereocenters. The molecule has 0 bridgehead atoms. The number of rotatable bonds is 6. The highest BCUT2D eigenvalue weighted by Crippen LogP contribution is 2.24. The zero-order valence-corrected chi connectivity index (χ0v) is 13.2. The van der Waals surface area contributed by atoms with Gasteiger partial charge in [-0.25, -0.2) is 4.39 Å². The molecule has 0 saturated carbocycles. The predicted molar refractivity (Wildman–Crippen MR) is 85.4 cm³/mol. The van der Waals surface area contributed by atoms with Gasteiger partial charge in [0.25, 0.3) is 5.91 Å². The van der Waals surface area contributed by atoms with Crippen LogP contribution in [-0.4, -0.2) is 35.2 Å². The van der Waals surface area contributed by atoms with E-state index in [4.69, 9.17) is 4.42 Å². The van der Waals surface area contributed by atoms with Crippen LogP contribution < -0.4 is 5.32 Å². The van der Waals surface area contributed by atoms with E-state index in [1.54, 1.807) is 24.3 Å².